The van der Waals surface area contributed by atoms with Crippen LogP contribution in [0.4, 0.5) is 17.1 Å². The van der Waals surface area contributed by atoms with Gasteiger partial charge in [-0.1, -0.05) is 0 Å². The van der Waals surface area contributed by atoms with Gasteiger partial charge in [-0.2, -0.15) is 5.10 Å². The molecule has 2 rings (SSSR count). The molecular weight excluding hydrogens is 242 g/mol. The van der Waals surface area contributed by atoms with E-state index >= 15 is 0 Å². The highest BCUT2D eigenvalue weighted by molar-refractivity contribution is 6.08. The molecule has 2 aromatic rings. The lowest BCUT2D eigenvalue weighted by molar-refractivity contribution is 0.102. The van der Waals surface area contributed by atoms with E-state index in [-0.39, 0.29) is 5.91 Å². The molecule has 0 radical (unpaired) electrons. The van der Waals surface area contributed by atoms with E-state index in [2.05, 4.69) is 10.4 Å². The van der Waals surface area contributed by atoms with Crippen molar-refractivity contribution in [3.05, 3.63) is 35.2 Å². The van der Waals surface area contributed by atoms with E-state index in [0.29, 0.717) is 22.6 Å². The molecule has 0 fully saturated rings. The van der Waals surface area contributed by atoms with Crippen LogP contribution in [0.3, 0.4) is 0 Å². The Balaban J connectivity index is 2.31. The highest BCUT2D eigenvalue weighted by Gasteiger charge is 2.15. The zero-order valence-electron chi connectivity index (χ0n) is 11.2. The van der Waals surface area contributed by atoms with Crippen LogP contribution in [-0.2, 0) is 7.05 Å². The van der Waals surface area contributed by atoms with Crippen LogP contribution in [-0.4, -0.2) is 15.7 Å². The van der Waals surface area contributed by atoms with E-state index < -0.39 is 0 Å². The van der Waals surface area contributed by atoms with Gasteiger partial charge in [0, 0.05) is 18.4 Å². The van der Waals surface area contributed by atoms with Crippen LogP contribution in [0.2, 0.25) is 0 Å². The van der Waals surface area contributed by atoms with Crippen molar-refractivity contribution in [1.29, 1.82) is 0 Å². The fourth-order valence-corrected chi connectivity index (χ4v) is 1.92. The highest BCUT2D eigenvalue weighted by atomic mass is 16.1. The van der Waals surface area contributed by atoms with Crippen LogP contribution in [0.1, 0.15) is 21.7 Å². The fraction of sp³-hybridized carbons (Fsp3) is 0.231. The summed E-state index contributed by atoms with van der Waals surface area (Å²) >= 11 is 0. The summed E-state index contributed by atoms with van der Waals surface area (Å²) in [4.78, 5) is 12.2. The molecule has 5 N–H and O–H groups in total. The summed E-state index contributed by atoms with van der Waals surface area (Å²) in [5.41, 5.74) is 15.1. The maximum absolute atomic E-state index is 12.2. The average Bonchev–Trinajstić information content (AvgIpc) is 2.56. The minimum absolute atomic E-state index is 0.267. The molecule has 6 nitrogen and oxygen atoms in total. The molecule has 1 aromatic heterocycles. The van der Waals surface area contributed by atoms with E-state index in [1.54, 1.807) is 22.9 Å². The number of nitrogens with two attached hydrogens (primary N) is 2. The van der Waals surface area contributed by atoms with Crippen LogP contribution >= 0.6 is 0 Å². The smallest absolute Gasteiger partial charge is 0.257 e. The van der Waals surface area contributed by atoms with Crippen molar-refractivity contribution in [2.75, 3.05) is 16.8 Å². The fourth-order valence-electron chi connectivity index (χ4n) is 1.92. The number of aromatic nitrogens is 2. The van der Waals surface area contributed by atoms with Gasteiger partial charge in [0.15, 0.2) is 0 Å². The molecule has 0 aliphatic rings. The van der Waals surface area contributed by atoms with E-state index in [1.807, 2.05) is 20.9 Å². The van der Waals surface area contributed by atoms with Gasteiger partial charge in [0.05, 0.1) is 22.6 Å². The first-order chi connectivity index (χ1) is 8.90. The normalized spacial score (nSPS) is 10.5. The van der Waals surface area contributed by atoms with Crippen molar-refractivity contribution < 1.29 is 4.79 Å². The Hall–Kier alpha value is -2.50. The first-order valence-corrected chi connectivity index (χ1v) is 5.86. The number of aryl methyl sites for hydroxylation is 2. The Kier molecular flexibility index (Phi) is 3.16. The largest absolute Gasteiger partial charge is 0.399 e. The van der Waals surface area contributed by atoms with Crippen molar-refractivity contribution in [2.45, 2.75) is 13.8 Å². The Morgan fingerprint density at radius 2 is 2.00 bits per heavy atom. The Morgan fingerprint density at radius 1 is 1.32 bits per heavy atom. The lowest BCUT2D eigenvalue weighted by atomic mass is 10.1. The van der Waals surface area contributed by atoms with Gasteiger partial charge < -0.3 is 16.8 Å². The third-order valence-electron chi connectivity index (χ3n) is 3.07. The number of amides is 1. The van der Waals surface area contributed by atoms with Crippen LogP contribution in [0.25, 0.3) is 0 Å². The van der Waals surface area contributed by atoms with Crippen molar-refractivity contribution in [2.24, 2.45) is 7.05 Å². The summed E-state index contributed by atoms with van der Waals surface area (Å²) < 4.78 is 1.72. The Morgan fingerprint density at radius 3 is 2.53 bits per heavy atom. The first kappa shape index (κ1) is 12.9. The van der Waals surface area contributed by atoms with Gasteiger partial charge >= 0.3 is 0 Å². The van der Waals surface area contributed by atoms with E-state index in [9.17, 15) is 4.79 Å². The van der Waals surface area contributed by atoms with E-state index in [1.165, 1.54) is 0 Å². The molecule has 1 heterocycles. The third-order valence-corrected chi connectivity index (χ3v) is 3.07. The molecular formula is C13H17N5O. The van der Waals surface area contributed by atoms with Crippen molar-refractivity contribution in [3.63, 3.8) is 0 Å². The Bertz CT molecular complexity index is 645. The summed E-state index contributed by atoms with van der Waals surface area (Å²) in [6.07, 6.45) is 0. The van der Waals surface area contributed by atoms with Crippen LogP contribution in [0, 0.1) is 13.8 Å². The van der Waals surface area contributed by atoms with Gasteiger partial charge in [-0.25, -0.2) is 0 Å². The second-order valence-electron chi connectivity index (χ2n) is 4.47. The number of carbonyl (C=O) groups is 1. The number of nitrogen functional groups attached to an aromatic ring is 2. The quantitative estimate of drug-likeness (QED) is 0.711. The standard InChI is InChI=1S/C13H17N5O/c1-7-12(8(2)18(3)17-7)16-13(19)10-5-4-9(14)6-11(10)15/h4-6H,14-15H2,1-3H3,(H,16,19). The molecule has 0 aliphatic carbocycles. The zero-order chi connectivity index (χ0) is 14.2. The van der Waals surface area contributed by atoms with Crippen molar-refractivity contribution >= 4 is 23.0 Å². The number of carbonyl (C=O) groups excluding carboxylic acids is 1. The van der Waals surface area contributed by atoms with Crippen molar-refractivity contribution in [1.82, 2.24) is 9.78 Å². The second-order valence-corrected chi connectivity index (χ2v) is 4.47. The third kappa shape index (κ3) is 2.37. The zero-order valence-corrected chi connectivity index (χ0v) is 11.2. The molecule has 0 unspecified atom stereocenters. The SMILES string of the molecule is Cc1nn(C)c(C)c1NC(=O)c1ccc(N)cc1N. The summed E-state index contributed by atoms with van der Waals surface area (Å²) in [5, 5.41) is 7.08. The molecule has 1 aromatic carbocycles. The molecule has 0 saturated carbocycles. The summed E-state index contributed by atoms with van der Waals surface area (Å²) in [5.74, 6) is -0.267. The molecule has 0 saturated heterocycles. The predicted octanol–water partition coefficient (Wildman–Crippen LogP) is 1.45. The Labute approximate surface area is 111 Å². The second kappa shape index (κ2) is 4.64. The van der Waals surface area contributed by atoms with Gasteiger partial charge in [0.25, 0.3) is 5.91 Å². The number of rotatable bonds is 2. The summed E-state index contributed by atoms with van der Waals surface area (Å²) in [6, 6.07) is 4.83. The lowest BCUT2D eigenvalue weighted by Crippen LogP contribution is -2.15. The molecule has 0 atom stereocenters. The molecule has 1 amide bonds. The summed E-state index contributed by atoms with van der Waals surface area (Å²) in [6.45, 7) is 3.73. The molecule has 0 aliphatic heterocycles. The number of hydrogen-bond donors (Lipinski definition) is 3. The maximum atomic E-state index is 12.2. The average molecular weight is 259 g/mol. The molecule has 6 heteroatoms. The van der Waals surface area contributed by atoms with Gasteiger partial charge in [0.1, 0.15) is 0 Å². The summed E-state index contributed by atoms with van der Waals surface area (Å²) in [7, 11) is 1.83. The van der Waals surface area contributed by atoms with Gasteiger partial charge in [-0.15, -0.1) is 0 Å². The minimum atomic E-state index is -0.267. The number of hydrogen-bond acceptors (Lipinski definition) is 4. The molecule has 19 heavy (non-hydrogen) atoms. The molecule has 100 valence electrons. The lowest BCUT2D eigenvalue weighted by Gasteiger charge is -2.08. The first-order valence-electron chi connectivity index (χ1n) is 5.86. The highest BCUT2D eigenvalue weighted by Crippen LogP contribution is 2.21. The molecule has 0 bridgehead atoms. The maximum Gasteiger partial charge on any atom is 0.257 e. The van der Waals surface area contributed by atoms with E-state index in [0.717, 1.165) is 11.4 Å². The number of nitrogens with one attached hydrogen (secondary N) is 1. The number of nitrogens with zero attached hydrogens (tertiary/aromatic N) is 2. The van der Waals surface area contributed by atoms with E-state index in [4.69, 9.17) is 11.5 Å². The van der Waals surface area contributed by atoms with Gasteiger partial charge in [-0.3, -0.25) is 9.48 Å². The van der Waals surface area contributed by atoms with Crippen molar-refractivity contribution in [3.8, 4) is 0 Å². The monoisotopic (exact) mass is 259 g/mol. The number of anilines is 3. The van der Waals surface area contributed by atoms with Gasteiger partial charge in [-0.05, 0) is 32.0 Å². The topological polar surface area (TPSA) is 99.0 Å². The van der Waals surface area contributed by atoms with Crippen LogP contribution in [0.15, 0.2) is 18.2 Å². The molecule has 0 spiro atoms. The van der Waals surface area contributed by atoms with Crippen LogP contribution < -0.4 is 16.8 Å². The minimum Gasteiger partial charge on any atom is -0.399 e. The number of benzene rings is 1. The van der Waals surface area contributed by atoms with Crippen LogP contribution in [0.5, 0.6) is 0 Å². The van der Waals surface area contributed by atoms with Gasteiger partial charge in [0.2, 0.25) is 0 Å². The predicted molar refractivity (Wildman–Crippen MR) is 75.9 cm³/mol.